The Morgan fingerprint density at radius 2 is 1.84 bits per heavy atom. The van der Waals surface area contributed by atoms with E-state index in [9.17, 15) is 5.11 Å². The Balaban J connectivity index is 1.38. The zero-order chi connectivity index (χ0) is 26.3. The van der Waals surface area contributed by atoms with Crippen LogP contribution in [0.15, 0.2) is 90.2 Å². The summed E-state index contributed by atoms with van der Waals surface area (Å²) >= 11 is 0. The van der Waals surface area contributed by atoms with Gasteiger partial charge in [0, 0.05) is 25.0 Å². The van der Waals surface area contributed by atoms with Gasteiger partial charge in [0.05, 0.1) is 24.8 Å². The Morgan fingerprint density at radius 3 is 2.63 bits per heavy atom. The predicted molar refractivity (Wildman–Crippen MR) is 148 cm³/mol. The topological polar surface area (TPSA) is 80.3 Å². The van der Waals surface area contributed by atoms with E-state index < -0.39 is 6.10 Å². The predicted octanol–water partition coefficient (Wildman–Crippen LogP) is 5.48. The van der Waals surface area contributed by atoms with Crippen LogP contribution >= 0.6 is 0 Å². The van der Waals surface area contributed by atoms with Crippen molar-refractivity contribution in [2.45, 2.75) is 26.2 Å². The van der Waals surface area contributed by atoms with Gasteiger partial charge in [0.2, 0.25) is 5.69 Å². The normalized spacial score (nSPS) is 14.7. The third kappa shape index (κ3) is 5.83. The van der Waals surface area contributed by atoms with E-state index in [0.29, 0.717) is 42.7 Å². The molecule has 1 aromatic heterocycles. The number of nitrogens with one attached hydrogen (secondary N) is 1. The SMILES string of the molecule is [C-]#[N+]c1cncc(COc2cc(OCc3cccc(-c4ccccc4)c3C)ccc2C2=NCC(O)CN2)c1. The average molecular weight is 505 g/mol. The number of β-amino-alcohol motifs (C(OH)–C–C–N with tert-alkyl or cyclic N) is 1. The summed E-state index contributed by atoms with van der Waals surface area (Å²) in [5, 5.41) is 13.0. The van der Waals surface area contributed by atoms with E-state index in [-0.39, 0.29) is 6.61 Å². The summed E-state index contributed by atoms with van der Waals surface area (Å²) in [6, 6.07) is 24.0. The van der Waals surface area contributed by atoms with Crippen LogP contribution in [0, 0.1) is 13.5 Å². The van der Waals surface area contributed by atoms with Crippen LogP contribution < -0.4 is 14.8 Å². The Morgan fingerprint density at radius 1 is 0.974 bits per heavy atom. The van der Waals surface area contributed by atoms with Crippen LogP contribution in [0.5, 0.6) is 11.5 Å². The number of amidine groups is 1. The van der Waals surface area contributed by atoms with Crippen LogP contribution in [0.1, 0.15) is 22.3 Å². The summed E-state index contributed by atoms with van der Waals surface area (Å²) in [6.07, 6.45) is 2.70. The summed E-state index contributed by atoms with van der Waals surface area (Å²) in [4.78, 5) is 12.0. The highest BCUT2D eigenvalue weighted by Crippen LogP contribution is 2.30. The molecule has 3 aromatic carbocycles. The third-order valence-electron chi connectivity index (χ3n) is 6.40. The molecule has 1 aliphatic heterocycles. The minimum Gasteiger partial charge on any atom is -0.489 e. The quantitative estimate of drug-likeness (QED) is 0.311. The molecule has 190 valence electrons. The molecule has 0 spiro atoms. The number of pyridine rings is 1. The first kappa shape index (κ1) is 25.0. The van der Waals surface area contributed by atoms with Gasteiger partial charge in [-0.3, -0.25) is 9.98 Å². The minimum absolute atomic E-state index is 0.237. The Labute approximate surface area is 222 Å². The largest absolute Gasteiger partial charge is 0.489 e. The molecule has 7 heteroatoms. The van der Waals surface area contributed by atoms with Gasteiger partial charge < -0.3 is 19.9 Å². The molecule has 5 rings (SSSR count). The second-order valence-corrected chi connectivity index (χ2v) is 9.08. The molecule has 7 nitrogen and oxygen atoms in total. The minimum atomic E-state index is -0.511. The van der Waals surface area contributed by atoms with Gasteiger partial charge in [0.1, 0.15) is 30.5 Å². The van der Waals surface area contributed by atoms with E-state index in [1.807, 2.05) is 36.4 Å². The van der Waals surface area contributed by atoms with Crippen molar-refractivity contribution in [3.63, 3.8) is 0 Å². The summed E-state index contributed by atoms with van der Waals surface area (Å²) < 4.78 is 12.4. The molecule has 1 unspecified atom stereocenters. The molecule has 2 N–H and O–H groups in total. The molecule has 0 saturated heterocycles. The van der Waals surface area contributed by atoms with Crippen molar-refractivity contribution >= 4 is 11.5 Å². The maximum absolute atomic E-state index is 9.83. The monoisotopic (exact) mass is 504 g/mol. The van der Waals surface area contributed by atoms with Crippen LogP contribution in [-0.4, -0.2) is 35.1 Å². The molecule has 1 aliphatic rings. The highest BCUT2D eigenvalue weighted by atomic mass is 16.5. The average Bonchev–Trinajstić information content (AvgIpc) is 2.96. The number of benzene rings is 3. The number of aliphatic imine (C=N–C) groups is 1. The number of hydrogen-bond donors (Lipinski definition) is 2. The highest BCUT2D eigenvalue weighted by molar-refractivity contribution is 6.01. The standard InChI is InChI=1S/C31H28N4O3/c1-21-24(9-6-10-28(21)23-7-4-3-5-8-23)20-37-27-11-12-29(31-34-17-26(36)18-35-31)30(14-27)38-19-22-13-25(32-2)16-33-15-22/h3-16,26,36H,17-20H2,1H3,(H,34,35). The molecule has 0 amide bonds. The molecule has 4 aromatic rings. The van der Waals surface area contributed by atoms with Crippen LogP contribution in [0.25, 0.3) is 16.0 Å². The molecule has 0 fully saturated rings. The Bertz CT molecular complexity index is 1490. The van der Waals surface area contributed by atoms with E-state index in [0.717, 1.165) is 16.7 Å². The first-order valence-corrected chi connectivity index (χ1v) is 12.4. The van der Waals surface area contributed by atoms with Crippen LogP contribution in [0.2, 0.25) is 0 Å². The maximum atomic E-state index is 9.83. The zero-order valence-electron chi connectivity index (χ0n) is 21.1. The van der Waals surface area contributed by atoms with E-state index >= 15 is 0 Å². The van der Waals surface area contributed by atoms with Crippen LogP contribution in [-0.2, 0) is 13.2 Å². The van der Waals surface area contributed by atoms with Crippen LogP contribution in [0.3, 0.4) is 0 Å². The van der Waals surface area contributed by atoms with Crippen LogP contribution in [0.4, 0.5) is 5.69 Å². The Kier molecular flexibility index (Phi) is 7.62. The molecule has 0 saturated carbocycles. The molecule has 2 heterocycles. The van der Waals surface area contributed by atoms with Gasteiger partial charge in [-0.15, -0.1) is 0 Å². The molecule has 38 heavy (non-hydrogen) atoms. The lowest BCUT2D eigenvalue weighted by Crippen LogP contribution is -2.39. The number of aliphatic hydroxyl groups excluding tert-OH is 1. The van der Waals surface area contributed by atoms with Crippen molar-refractivity contribution in [2.24, 2.45) is 4.99 Å². The maximum Gasteiger partial charge on any atom is 0.205 e. The summed E-state index contributed by atoms with van der Waals surface area (Å²) in [5.41, 5.74) is 6.67. The van der Waals surface area contributed by atoms with Gasteiger partial charge in [-0.1, -0.05) is 48.5 Å². The number of rotatable bonds is 8. The van der Waals surface area contributed by atoms with Gasteiger partial charge in [-0.25, -0.2) is 4.85 Å². The Hall–Kier alpha value is -4.67. The van der Waals surface area contributed by atoms with Gasteiger partial charge in [-0.05, 0) is 52.9 Å². The lowest BCUT2D eigenvalue weighted by atomic mass is 9.97. The summed E-state index contributed by atoms with van der Waals surface area (Å²) in [7, 11) is 0. The van der Waals surface area contributed by atoms with E-state index in [2.05, 4.69) is 57.4 Å². The van der Waals surface area contributed by atoms with Crippen molar-refractivity contribution in [1.29, 1.82) is 0 Å². The van der Waals surface area contributed by atoms with E-state index in [1.54, 1.807) is 12.3 Å². The van der Waals surface area contributed by atoms with E-state index in [4.69, 9.17) is 16.0 Å². The summed E-state index contributed by atoms with van der Waals surface area (Å²) in [5.74, 6) is 1.92. The molecule has 0 aliphatic carbocycles. The van der Waals surface area contributed by atoms with Crippen molar-refractivity contribution in [2.75, 3.05) is 13.1 Å². The number of nitrogens with zero attached hydrogens (tertiary/aromatic N) is 3. The number of aliphatic hydroxyl groups is 1. The summed E-state index contributed by atoms with van der Waals surface area (Å²) in [6.45, 7) is 10.7. The number of ether oxygens (including phenoxy) is 2. The van der Waals surface area contributed by atoms with Crippen molar-refractivity contribution < 1.29 is 14.6 Å². The molecule has 0 bridgehead atoms. The molecular weight excluding hydrogens is 476 g/mol. The lowest BCUT2D eigenvalue weighted by molar-refractivity contribution is 0.181. The smallest absolute Gasteiger partial charge is 0.205 e. The molecule has 1 atom stereocenters. The number of aromatic nitrogens is 1. The highest BCUT2D eigenvalue weighted by Gasteiger charge is 2.18. The van der Waals surface area contributed by atoms with E-state index in [1.165, 1.54) is 22.9 Å². The first-order chi connectivity index (χ1) is 18.6. The van der Waals surface area contributed by atoms with Crippen molar-refractivity contribution in [3.8, 4) is 22.6 Å². The third-order valence-corrected chi connectivity index (χ3v) is 6.40. The van der Waals surface area contributed by atoms with Gasteiger partial charge in [0.25, 0.3) is 0 Å². The lowest BCUT2D eigenvalue weighted by Gasteiger charge is -2.21. The van der Waals surface area contributed by atoms with Gasteiger partial charge >= 0.3 is 0 Å². The molecule has 0 radical (unpaired) electrons. The fraction of sp³-hybridized carbons (Fsp3) is 0.194. The van der Waals surface area contributed by atoms with Gasteiger partial charge in [0.15, 0.2) is 0 Å². The molecular formula is C31H28N4O3. The fourth-order valence-electron chi connectivity index (χ4n) is 4.33. The second kappa shape index (κ2) is 11.6. The van der Waals surface area contributed by atoms with Crippen molar-refractivity contribution in [1.82, 2.24) is 10.3 Å². The fourth-order valence-corrected chi connectivity index (χ4v) is 4.33. The van der Waals surface area contributed by atoms with Crippen molar-refractivity contribution in [3.05, 3.63) is 119 Å². The zero-order valence-corrected chi connectivity index (χ0v) is 21.1. The first-order valence-electron chi connectivity index (χ1n) is 12.4. The second-order valence-electron chi connectivity index (χ2n) is 9.08. The van der Waals surface area contributed by atoms with Gasteiger partial charge in [-0.2, -0.15) is 0 Å². The number of hydrogen-bond acceptors (Lipinski definition) is 6.